The van der Waals surface area contributed by atoms with E-state index < -0.39 is 0 Å². The fourth-order valence-corrected chi connectivity index (χ4v) is 1.93. The van der Waals surface area contributed by atoms with Gasteiger partial charge in [0.05, 0.1) is 0 Å². The molecule has 0 aromatic heterocycles. The van der Waals surface area contributed by atoms with Gasteiger partial charge in [-0.3, -0.25) is 0 Å². The van der Waals surface area contributed by atoms with Crippen molar-refractivity contribution in [3.63, 3.8) is 0 Å². The second-order valence-corrected chi connectivity index (χ2v) is 4.35. The minimum absolute atomic E-state index is 0.192. The first-order valence-electron chi connectivity index (χ1n) is 5.01. The molecule has 0 heterocycles. The van der Waals surface area contributed by atoms with Gasteiger partial charge in [0.25, 0.3) is 0 Å². The second kappa shape index (κ2) is 4.25. The van der Waals surface area contributed by atoms with Crippen molar-refractivity contribution in [2.45, 2.75) is 18.9 Å². The van der Waals surface area contributed by atoms with E-state index in [1.54, 1.807) is 0 Å². The first-order chi connectivity index (χ1) is 7.16. The molecule has 1 aliphatic rings. The van der Waals surface area contributed by atoms with Crippen LogP contribution >= 0.6 is 11.6 Å². The van der Waals surface area contributed by atoms with Gasteiger partial charge in [0.2, 0.25) is 0 Å². The maximum Gasteiger partial charge on any atom is 0.123 e. The zero-order valence-electron chi connectivity index (χ0n) is 8.50. The van der Waals surface area contributed by atoms with Gasteiger partial charge in [-0.2, -0.15) is 0 Å². The molecule has 0 aliphatic heterocycles. The molecule has 0 spiro atoms. The Morgan fingerprint density at radius 3 is 3.13 bits per heavy atom. The fourth-order valence-electron chi connectivity index (χ4n) is 1.88. The normalized spacial score (nSPS) is 18.7. The van der Waals surface area contributed by atoms with Crippen molar-refractivity contribution >= 4 is 11.6 Å². The molecule has 80 valence electrons. The molecule has 2 rings (SSSR count). The quantitative estimate of drug-likeness (QED) is 0.855. The van der Waals surface area contributed by atoms with Crippen LogP contribution in [-0.2, 0) is 6.42 Å². The van der Waals surface area contributed by atoms with E-state index in [0.29, 0.717) is 11.6 Å². The SMILES string of the molecule is C=C(Cl)COc1ccc2c(c1)CC[C@@H]2N. The van der Waals surface area contributed by atoms with Crippen molar-refractivity contribution in [3.8, 4) is 5.75 Å². The van der Waals surface area contributed by atoms with Crippen molar-refractivity contribution in [2.24, 2.45) is 5.73 Å². The zero-order chi connectivity index (χ0) is 10.8. The molecular weight excluding hydrogens is 210 g/mol. The van der Waals surface area contributed by atoms with E-state index in [2.05, 4.69) is 6.58 Å². The van der Waals surface area contributed by atoms with E-state index in [-0.39, 0.29) is 6.04 Å². The Labute approximate surface area is 94.7 Å². The first kappa shape index (κ1) is 10.5. The van der Waals surface area contributed by atoms with Gasteiger partial charge in [0, 0.05) is 11.1 Å². The summed E-state index contributed by atoms with van der Waals surface area (Å²) in [5.74, 6) is 0.838. The van der Waals surface area contributed by atoms with Gasteiger partial charge in [0.15, 0.2) is 0 Å². The second-order valence-electron chi connectivity index (χ2n) is 3.81. The van der Waals surface area contributed by atoms with Crippen molar-refractivity contribution in [3.05, 3.63) is 40.9 Å². The van der Waals surface area contributed by atoms with E-state index in [9.17, 15) is 0 Å². The first-order valence-corrected chi connectivity index (χ1v) is 5.39. The van der Waals surface area contributed by atoms with Gasteiger partial charge in [0.1, 0.15) is 12.4 Å². The summed E-state index contributed by atoms with van der Waals surface area (Å²) in [6.45, 7) is 3.93. The summed E-state index contributed by atoms with van der Waals surface area (Å²) in [5.41, 5.74) is 8.48. The third kappa shape index (κ3) is 2.33. The molecular formula is C12H14ClNO. The molecule has 0 unspecified atom stereocenters. The number of hydrogen-bond donors (Lipinski definition) is 1. The highest BCUT2D eigenvalue weighted by Gasteiger charge is 2.18. The van der Waals surface area contributed by atoms with Crippen LogP contribution in [0.25, 0.3) is 0 Å². The molecule has 0 saturated heterocycles. The summed E-state index contributed by atoms with van der Waals surface area (Å²) in [6.07, 6.45) is 2.07. The Morgan fingerprint density at radius 2 is 2.40 bits per heavy atom. The van der Waals surface area contributed by atoms with Crippen LogP contribution in [0.4, 0.5) is 0 Å². The molecule has 0 bridgehead atoms. The summed E-state index contributed by atoms with van der Waals surface area (Å²) < 4.78 is 5.46. The number of fused-ring (bicyclic) bond motifs is 1. The average molecular weight is 224 g/mol. The van der Waals surface area contributed by atoms with Crippen LogP contribution in [0.1, 0.15) is 23.6 Å². The van der Waals surface area contributed by atoms with Gasteiger partial charge < -0.3 is 10.5 Å². The standard InChI is InChI=1S/C12H14ClNO/c1-8(13)7-15-10-3-4-11-9(6-10)2-5-12(11)14/h3-4,6,12H,1-2,5,7,14H2/t12-/m0/s1. The highest BCUT2D eigenvalue weighted by molar-refractivity contribution is 6.29. The summed E-state index contributed by atoms with van der Waals surface area (Å²) >= 11 is 5.63. The third-order valence-electron chi connectivity index (χ3n) is 2.63. The molecule has 3 heteroatoms. The number of aryl methyl sites for hydroxylation is 1. The largest absolute Gasteiger partial charge is 0.488 e. The minimum Gasteiger partial charge on any atom is -0.488 e. The van der Waals surface area contributed by atoms with E-state index in [1.807, 2.05) is 18.2 Å². The predicted octanol–water partition coefficient (Wildman–Crippen LogP) is 2.76. The lowest BCUT2D eigenvalue weighted by Crippen LogP contribution is -2.05. The molecule has 0 amide bonds. The highest BCUT2D eigenvalue weighted by Crippen LogP contribution is 2.31. The molecule has 1 atom stereocenters. The van der Waals surface area contributed by atoms with Crippen LogP contribution in [-0.4, -0.2) is 6.61 Å². The number of ether oxygens (including phenoxy) is 1. The number of halogens is 1. The van der Waals surface area contributed by atoms with Crippen LogP contribution in [0.15, 0.2) is 29.8 Å². The van der Waals surface area contributed by atoms with Crippen molar-refractivity contribution in [1.82, 2.24) is 0 Å². The molecule has 2 nitrogen and oxygen atoms in total. The van der Waals surface area contributed by atoms with Crippen molar-refractivity contribution in [1.29, 1.82) is 0 Å². The number of rotatable bonds is 3. The molecule has 0 fully saturated rings. The molecule has 15 heavy (non-hydrogen) atoms. The molecule has 0 radical (unpaired) electrons. The van der Waals surface area contributed by atoms with Crippen LogP contribution in [0.5, 0.6) is 5.75 Å². The minimum atomic E-state index is 0.192. The average Bonchev–Trinajstić information content (AvgIpc) is 2.57. The highest BCUT2D eigenvalue weighted by atomic mass is 35.5. The number of benzene rings is 1. The Hall–Kier alpha value is -0.990. The Kier molecular flexibility index (Phi) is 2.98. The fraction of sp³-hybridized carbons (Fsp3) is 0.333. The molecule has 2 N–H and O–H groups in total. The van der Waals surface area contributed by atoms with Gasteiger partial charge in [-0.25, -0.2) is 0 Å². The van der Waals surface area contributed by atoms with Gasteiger partial charge in [-0.05, 0) is 36.1 Å². The Morgan fingerprint density at radius 1 is 1.60 bits per heavy atom. The summed E-state index contributed by atoms with van der Waals surface area (Å²) in [6, 6.07) is 6.21. The van der Waals surface area contributed by atoms with E-state index in [1.165, 1.54) is 11.1 Å². The van der Waals surface area contributed by atoms with E-state index >= 15 is 0 Å². The van der Waals surface area contributed by atoms with Crippen molar-refractivity contribution < 1.29 is 4.74 Å². The molecule has 0 saturated carbocycles. The number of hydrogen-bond acceptors (Lipinski definition) is 2. The summed E-state index contributed by atoms with van der Waals surface area (Å²) in [5, 5.41) is 0.507. The van der Waals surface area contributed by atoms with Crippen LogP contribution in [0.2, 0.25) is 0 Å². The maximum absolute atomic E-state index is 5.94. The third-order valence-corrected chi connectivity index (χ3v) is 2.74. The smallest absolute Gasteiger partial charge is 0.123 e. The lowest BCUT2D eigenvalue weighted by molar-refractivity contribution is 0.359. The number of nitrogens with two attached hydrogens (primary N) is 1. The van der Waals surface area contributed by atoms with Gasteiger partial charge in [-0.15, -0.1) is 0 Å². The van der Waals surface area contributed by atoms with Crippen molar-refractivity contribution in [2.75, 3.05) is 6.61 Å². The van der Waals surface area contributed by atoms with Gasteiger partial charge in [-0.1, -0.05) is 24.2 Å². The van der Waals surface area contributed by atoms with Gasteiger partial charge >= 0.3 is 0 Å². The monoisotopic (exact) mass is 223 g/mol. The van der Waals surface area contributed by atoms with Crippen LogP contribution < -0.4 is 10.5 Å². The Bertz CT molecular complexity index is 389. The topological polar surface area (TPSA) is 35.2 Å². The zero-order valence-corrected chi connectivity index (χ0v) is 9.26. The Balaban J connectivity index is 2.12. The molecule has 1 aromatic carbocycles. The van der Waals surface area contributed by atoms with Crippen LogP contribution in [0.3, 0.4) is 0 Å². The lowest BCUT2D eigenvalue weighted by atomic mass is 10.1. The van der Waals surface area contributed by atoms with E-state index in [4.69, 9.17) is 22.1 Å². The van der Waals surface area contributed by atoms with Crippen LogP contribution in [0, 0.1) is 0 Å². The summed E-state index contributed by atoms with van der Waals surface area (Å²) in [4.78, 5) is 0. The summed E-state index contributed by atoms with van der Waals surface area (Å²) in [7, 11) is 0. The van der Waals surface area contributed by atoms with E-state index in [0.717, 1.165) is 18.6 Å². The maximum atomic E-state index is 5.94. The molecule has 1 aromatic rings. The lowest BCUT2D eigenvalue weighted by Gasteiger charge is -2.08. The predicted molar refractivity (Wildman–Crippen MR) is 62.2 cm³/mol. The molecule has 1 aliphatic carbocycles.